The molecular weight excluding hydrogens is 535 g/mol. The smallest absolute Gasteiger partial charge is 0.439 e. The van der Waals surface area contributed by atoms with Crippen molar-refractivity contribution in [2.45, 2.75) is 57.5 Å². The second kappa shape index (κ2) is 11.6. The molecule has 212 valence electrons. The number of halogens is 7. The van der Waals surface area contributed by atoms with Gasteiger partial charge in [0.1, 0.15) is 11.5 Å². The van der Waals surface area contributed by atoms with Gasteiger partial charge in [-0.3, -0.25) is 0 Å². The van der Waals surface area contributed by atoms with Crippen LogP contribution in [0.1, 0.15) is 31.9 Å². The van der Waals surface area contributed by atoms with E-state index in [-0.39, 0.29) is 22.8 Å². The van der Waals surface area contributed by atoms with Crippen LogP contribution in [-0.2, 0) is 12.0 Å². The molecule has 0 spiro atoms. The molecule has 1 aromatic heterocycles. The molecule has 2 aromatic carbocycles. The minimum Gasteiger partial charge on any atom is -0.439 e. The molecule has 0 bridgehead atoms. The van der Waals surface area contributed by atoms with Crippen LogP contribution in [-0.4, -0.2) is 46.4 Å². The first-order valence-electron chi connectivity index (χ1n) is 11.6. The van der Waals surface area contributed by atoms with Gasteiger partial charge in [0.25, 0.3) is 0 Å². The topological polar surface area (TPSA) is 67.7 Å². The number of benzene rings is 2. The molecule has 39 heavy (non-hydrogen) atoms. The lowest BCUT2D eigenvalue weighted by Gasteiger charge is -2.27. The first-order chi connectivity index (χ1) is 18.0. The number of nitrogens with zero attached hydrogens (tertiary/aromatic N) is 3. The molecule has 0 saturated carbocycles. The zero-order valence-corrected chi connectivity index (χ0v) is 21.1. The number of hydrogen-bond donors (Lipinski definition) is 1. The maximum Gasteiger partial charge on any atom is 0.461 e. The van der Waals surface area contributed by atoms with E-state index in [4.69, 9.17) is 4.74 Å². The van der Waals surface area contributed by atoms with Crippen molar-refractivity contribution in [2.75, 3.05) is 11.4 Å². The lowest BCUT2D eigenvalue weighted by atomic mass is 9.87. The molecule has 0 fully saturated rings. The largest absolute Gasteiger partial charge is 0.461 e. The van der Waals surface area contributed by atoms with E-state index in [1.807, 2.05) is 26.8 Å². The first kappa shape index (κ1) is 29.9. The van der Waals surface area contributed by atoms with Crippen LogP contribution in [0.25, 0.3) is 0 Å². The number of ether oxygens (including phenoxy) is 2. The quantitative estimate of drug-likeness (QED) is 0.277. The Labute approximate surface area is 220 Å². The molecule has 0 aliphatic heterocycles. The van der Waals surface area contributed by atoms with Crippen molar-refractivity contribution in [2.24, 2.45) is 0 Å². The predicted molar refractivity (Wildman–Crippen MR) is 128 cm³/mol. The molecule has 3 aromatic rings. The number of hydrogen-bond acceptors (Lipinski definition) is 6. The number of rotatable bonds is 10. The number of aliphatic hydroxyl groups excluding tert-OH is 1. The van der Waals surface area contributed by atoms with Crippen LogP contribution in [0.15, 0.2) is 60.8 Å². The Morgan fingerprint density at radius 3 is 2.23 bits per heavy atom. The van der Waals surface area contributed by atoms with Gasteiger partial charge in [-0.05, 0) is 40.8 Å². The molecule has 1 atom stereocenters. The zero-order valence-electron chi connectivity index (χ0n) is 21.1. The van der Waals surface area contributed by atoms with Crippen molar-refractivity contribution in [3.05, 3.63) is 71.9 Å². The highest BCUT2D eigenvalue weighted by molar-refractivity contribution is 5.39. The van der Waals surface area contributed by atoms with Crippen LogP contribution < -0.4 is 14.4 Å². The average molecular weight is 561 g/mol. The summed E-state index contributed by atoms with van der Waals surface area (Å²) >= 11 is 0. The van der Waals surface area contributed by atoms with E-state index in [2.05, 4.69) is 14.7 Å². The Morgan fingerprint density at radius 2 is 1.59 bits per heavy atom. The van der Waals surface area contributed by atoms with Crippen molar-refractivity contribution < 1.29 is 45.3 Å². The van der Waals surface area contributed by atoms with Gasteiger partial charge in [0.05, 0.1) is 6.54 Å². The molecule has 0 aliphatic carbocycles. The van der Waals surface area contributed by atoms with Crippen molar-refractivity contribution in [1.29, 1.82) is 0 Å². The summed E-state index contributed by atoms with van der Waals surface area (Å²) in [5.74, 6) is -0.497. The lowest BCUT2D eigenvalue weighted by molar-refractivity contribution is -0.253. The second-order valence-electron chi connectivity index (χ2n) is 9.62. The molecule has 0 amide bonds. The van der Waals surface area contributed by atoms with E-state index in [1.54, 1.807) is 18.2 Å². The van der Waals surface area contributed by atoms with Crippen LogP contribution >= 0.6 is 0 Å². The Balaban J connectivity index is 1.90. The predicted octanol–water partition coefficient (Wildman–Crippen LogP) is 6.73. The summed E-state index contributed by atoms with van der Waals surface area (Å²) in [6.07, 6.45) is -15.4. The van der Waals surface area contributed by atoms with Crippen LogP contribution in [0.3, 0.4) is 0 Å². The number of anilines is 1. The van der Waals surface area contributed by atoms with Gasteiger partial charge in [0.15, 0.2) is 6.10 Å². The molecule has 0 saturated heterocycles. The van der Waals surface area contributed by atoms with Gasteiger partial charge >= 0.3 is 18.7 Å². The van der Waals surface area contributed by atoms with E-state index in [0.717, 1.165) is 22.6 Å². The van der Waals surface area contributed by atoms with Gasteiger partial charge in [0, 0.05) is 18.8 Å². The monoisotopic (exact) mass is 561 g/mol. The first-order valence-corrected chi connectivity index (χ1v) is 11.6. The van der Waals surface area contributed by atoms with Gasteiger partial charge in [-0.15, -0.1) is 0 Å². The highest BCUT2D eigenvalue weighted by Crippen LogP contribution is 2.31. The van der Waals surface area contributed by atoms with E-state index in [1.165, 1.54) is 24.4 Å². The third-order valence-corrected chi connectivity index (χ3v) is 5.37. The fourth-order valence-electron chi connectivity index (χ4n) is 3.35. The van der Waals surface area contributed by atoms with Gasteiger partial charge in [-0.1, -0.05) is 45.0 Å². The third kappa shape index (κ3) is 8.44. The molecule has 0 aliphatic rings. The summed E-state index contributed by atoms with van der Waals surface area (Å²) in [5.41, 5.74) is 0.876. The number of aromatic nitrogens is 2. The number of alkyl halides is 7. The van der Waals surface area contributed by atoms with Gasteiger partial charge in [0.2, 0.25) is 11.8 Å². The maximum absolute atomic E-state index is 13.3. The Hall–Kier alpha value is -3.61. The summed E-state index contributed by atoms with van der Waals surface area (Å²) in [6, 6.07) is 13.0. The Morgan fingerprint density at radius 1 is 0.923 bits per heavy atom. The molecule has 0 radical (unpaired) electrons. The fraction of sp³-hybridized carbons (Fsp3) is 0.385. The van der Waals surface area contributed by atoms with Crippen molar-refractivity contribution in [3.63, 3.8) is 0 Å². The van der Waals surface area contributed by atoms with E-state index in [9.17, 15) is 35.8 Å². The summed E-state index contributed by atoms with van der Waals surface area (Å²) in [6.45, 7) is 4.58. The SMILES string of the molecule is CC(C)(C)c1cccc(Oc2ccnc(N(Cc3cccc(OC(F)(F)C(F)F)c3)C[C@@H](O)C(F)(F)F)n2)c1. The van der Waals surface area contributed by atoms with Crippen LogP contribution in [0.2, 0.25) is 0 Å². The fourth-order valence-corrected chi connectivity index (χ4v) is 3.35. The Bertz CT molecular complexity index is 1250. The van der Waals surface area contributed by atoms with Crippen LogP contribution in [0.4, 0.5) is 36.7 Å². The van der Waals surface area contributed by atoms with E-state index in [0.29, 0.717) is 5.75 Å². The summed E-state index contributed by atoms with van der Waals surface area (Å²) < 4.78 is 101. The van der Waals surface area contributed by atoms with Crippen molar-refractivity contribution in [1.82, 2.24) is 9.97 Å². The van der Waals surface area contributed by atoms with E-state index < -0.39 is 43.7 Å². The summed E-state index contributed by atoms with van der Waals surface area (Å²) in [7, 11) is 0. The standard InChI is InChI=1S/C26H26F7N3O3/c1-24(2,3)17-7-5-8-18(13-17)38-21-10-11-34-23(35-21)36(15-20(37)25(29,30)31)14-16-6-4-9-19(12-16)39-26(32,33)22(27)28/h4-13,20,22,37H,14-15H2,1-3H3/t20-/m1/s1. The summed E-state index contributed by atoms with van der Waals surface area (Å²) in [4.78, 5) is 9.09. The maximum atomic E-state index is 13.3. The van der Waals surface area contributed by atoms with Gasteiger partial charge in [-0.2, -0.15) is 35.7 Å². The molecule has 1 heterocycles. The van der Waals surface area contributed by atoms with Crippen LogP contribution in [0, 0.1) is 0 Å². The second-order valence-corrected chi connectivity index (χ2v) is 9.62. The minimum absolute atomic E-state index is 0.00813. The molecular formula is C26H26F7N3O3. The van der Waals surface area contributed by atoms with Crippen LogP contribution in [0.5, 0.6) is 17.4 Å². The third-order valence-electron chi connectivity index (χ3n) is 5.37. The van der Waals surface area contributed by atoms with E-state index >= 15 is 0 Å². The minimum atomic E-state index is -4.98. The van der Waals surface area contributed by atoms with Crippen molar-refractivity contribution in [3.8, 4) is 17.4 Å². The highest BCUT2D eigenvalue weighted by Gasteiger charge is 2.44. The lowest BCUT2D eigenvalue weighted by Crippen LogP contribution is -2.41. The Kier molecular flexibility index (Phi) is 8.94. The number of aliphatic hydroxyl groups is 1. The molecule has 6 nitrogen and oxygen atoms in total. The summed E-state index contributed by atoms with van der Waals surface area (Å²) in [5, 5.41) is 9.71. The van der Waals surface area contributed by atoms with Crippen molar-refractivity contribution >= 4 is 5.95 Å². The molecule has 13 heteroatoms. The normalized spacial score (nSPS) is 13.3. The highest BCUT2D eigenvalue weighted by atomic mass is 19.4. The molecule has 3 rings (SSSR count). The van der Waals surface area contributed by atoms with Gasteiger partial charge in [-0.25, -0.2) is 4.98 Å². The molecule has 0 unspecified atom stereocenters. The zero-order chi connectivity index (χ0) is 29.0. The van der Waals surface area contributed by atoms with Gasteiger partial charge < -0.3 is 19.5 Å². The average Bonchev–Trinajstić information content (AvgIpc) is 2.82. The molecule has 1 N–H and O–H groups in total.